The van der Waals surface area contributed by atoms with Gasteiger partial charge in [0.15, 0.2) is 0 Å². The van der Waals surface area contributed by atoms with Gasteiger partial charge in [0.05, 0.1) is 17.7 Å². The average molecular weight is 444 g/mol. The van der Waals surface area contributed by atoms with Gasteiger partial charge in [-0.3, -0.25) is 9.59 Å². The molecule has 3 rings (SSSR count). The molecule has 7 heteroatoms. The zero-order valence-corrected chi connectivity index (χ0v) is 19.0. The van der Waals surface area contributed by atoms with E-state index in [0.29, 0.717) is 10.6 Å². The summed E-state index contributed by atoms with van der Waals surface area (Å²) >= 11 is 6.13. The monoisotopic (exact) mass is 443 g/mol. The lowest BCUT2D eigenvalue weighted by Gasteiger charge is -2.35. The van der Waals surface area contributed by atoms with Crippen LogP contribution in [0.2, 0.25) is 5.02 Å². The number of hydrogen-bond acceptors (Lipinski definition) is 4. The van der Waals surface area contributed by atoms with Crippen molar-refractivity contribution in [2.45, 2.75) is 38.8 Å². The predicted molar refractivity (Wildman–Crippen MR) is 124 cm³/mol. The van der Waals surface area contributed by atoms with Crippen molar-refractivity contribution < 1.29 is 14.3 Å². The molecular weight excluding hydrogens is 414 g/mol. The van der Waals surface area contributed by atoms with Gasteiger partial charge >= 0.3 is 0 Å². The molecule has 2 N–H and O–H groups in total. The standard InChI is InChI=1S/C24H30ClN3O3/c1-16(2)22(27-23(29)20-6-4-5-7-21(20)25)24(30)26-17-12-14-28(15-13-17)18-8-10-19(31-3)11-9-18/h4-11,16-17,22H,12-15H2,1-3H3,(H,26,30)(H,27,29). The van der Waals surface area contributed by atoms with Gasteiger partial charge < -0.3 is 20.3 Å². The van der Waals surface area contributed by atoms with Gasteiger partial charge in [-0.05, 0) is 55.2 Å². The van der Waals surface area contributed by atoms with Gasteiger partial charge in [0, 0.05) is 24.8 Å². The quantitative estimate of drug-likeness (QED) is 0.681. The molecule has 2 aromatic rings. The molecule has 31 heavy (non-hydrogen) atoms. The zero-order chi connectivity index (χ0) is 22.4. The number of hydrogen-bond donors (Lipinski definition) is 2. The summed E-state index contributed by atoms with van der Waals surface area (Å²) in [6.45, 7) is 5.55. The Bertz CT molecular complexity index is 893. The number of methoxy groups -OCH3 is 1. The molecular formula is C24H30ClN3O3. The van der Waals surface area contributed by atoms with Crippen LogP contribution in [0.5, 0.6) is 5.75 Å². The van der Waals surface area contributed by atoms with Gasteiger partial charge in [0.25, 0.3) is 5.91 Å². The highest BCUT2D eigenvalue weighted by molar-refractivity contribution is 6.33. The fraction of sp³-hybridized carbons (Fsp3) is 0.417. The van der Waals surface area contributed by atoms with Crippen molar-refractivity contribution in [2.24, 2.45) is 5.92 Å². The Kier molecular flexibility index (Phi) is 7.80. The fourth-order valence-corrected chi connectivity index (χ4v) is 3.99. The van der Waals surface area contributed by atoms with E-state index in [1.54, 1.807) is 31.4 Å². The Morgan fingerprint density at radius 2 is 1.71 bits per heavy atom. The van der Waals surface area contributed by atoms with E-state index in [1.165, 1.54) is 0 Å². The van der Waals surface area contributed by atoms with Crippen LogP contribution in [-0.2, 0) is 4.79 Å². The first-order chi connectivity index (χ1) is 14.9. The van der Waals surface area contributed by atoms with E-state index in [0.717, 1.165) is 37.4 Å². The van der Waals surface area contributed by atoms with E-state index in [4.69, 9.17) is 16.3 Å². The summed E-state index contributed by atoms with van der Waals surface area (Å²) in [6, 6.07) is 14.3. The molecule has 1 fully saturated rings. The normalized spacial score (nSPS) is 15.5. The van der Waals surface area contributed by atoms with Gasteiger partial charge in [0.1, 0.15) is 11.8 Å². The molecule has 2 aromatic carbocycles. The minimum atomic E-state index is -0.622. The summed E-state index contributed by atoms with van der Waals surface area (Å²) < 4.78 is 5.22. The highest BCUT2D eigenvalue weighted by Gasteiger charge is 2.28. The van der Waals surface area contributed by atoms with Gasteiger partial charge in [-0.25, -0.2) is 0 Å². The fourth-order valence-electron chi connectivity index (χ4n) is 3.77. The first kappa shape index (κ1) is 22.9. The molecule has 0 spiro atoms. The van der Waals surface area contributed by atoms with Crippen LogP contribution < -0.4 is 20.3 Å². The second kappa shape index (κ2) is 10.5. The number of carbonyl (C=O) groups is 2. The molecule has 1 heterocycles. The van der Waals surface area contributed by atoms with Crippen LogP contribution in [0, 0.1) is 5.92 Å². The minimum Gasteiger partial charge on any atom is -0.497 e. The lowest BCUT2D eigenvalue weighted by molar-refractivity contribution is -0.124. The lowest BCUT2D eigenvalue weighted by Crippen LogP contribution is -2.54. The number of carbonyl (C=O) groups excluding carboxylic acids is 2. The van der Waals surface area contributed by atoms with E-state index in [1.807, 2.05) is 26.0 Å². The number of nitrogens with zero attached hydrogens (tertiary/aromatic N) is 1. The number of ether oxygens (including phenoxy) is 1. The molecule has 1 aliphatic rings. The third-order valence-corrected chi connectivity index (χ3v) is 5.96. The van der Waals surface area contributed by atoms with Gasteiger partial charge in [0.2, 0.25) is 5.91 Å². The van der Waals surface area contributed by atoms with Crippen molar-refractivity contribution in [2.75, 3.05) is 25.1 Å². The summed E-state index contributed by atoms with van der Waals surface area (Å²) in [5.41, 5.74) is 1.52. The summed E-state index contributed by atoms with van der Waals surface area (Å²) in [5.74, 6) is 0.294. The maximum Gasteiger partial charge on any atom is 0.253 e. The molecule has 1 aliphatic heterocycles. The van der Waals surface area contributed by atoms with Crippen LogP contribution in [0.15, 0.2) is 48.5 Å². The maximum atomic E-state index is 12.9. The number of halogens is 1. The molecule has 0 saturated carbocycles. The van der Waals surface area contributed by atoms with Crippen molar-refractivity contribution in [3.8, 4) is 5.75 Å². The molecule has 166 valence electrons. The molecule has 1 saturated heterocycles. The van der Waals surface area contributed by atoms with E-state index >= 15 is 0 Å². The Balaban J connectivity index is 1.55. The van der Waals surface area contributed by atoms with Crippen molar-refractivity contribution in [1.29, 1.82) is 0 Å². The van der Waals surface area contributed by atoms with Crippen LogP contribution in [0.4, 0.5) is 5.69 Å². The summed E-state index contributed by atoms with van der Waals surface area (Å²) in [4.78, 5) is 27.9. The van der Waals surface area contributed by atoms with E-state index in [-0.39, 0.29) is 23.8 Å². The molecule has 1 atom stereocenters. The summed E-state index contributed by atoms with van der Waals surface area (Å²) in [6.07, 6.45) is 1.70. The van der Waals surface area contributed by atoms with Crippen LogP contribution in [0.1, 0.15) is 37.0 Å². The largest absolute Gasteiger partial charge is 0.497 e. The Labute approximate surface area is 188 Å². The van der Waals surface area contributed by atoms with Gasteiger partial charge in [-0.2, -0.15) is 0 Å². The van der Waals surface area contributed by atoms with Crippen molar-refractivity contribution in [3.05, 3.63) is 59.1 Å². The summed E-state index contributed by atoms with van der Waals surface area (Å²) in [5, 5.41) is 6.35. The first-order valence-electron chi connectivity index (χ1n) is 10.6. The molecule has 2 amide bonds. The summed E-state index contributed by atoms with van der Waals surface area (Å²) in [7, 11) is 1.66. The van der Waals surface area contributed by atoms with Crippen LogP contribution in [0.3, 0.4) is 0 Å². The lowest BCUT2D eigenvalue weighted by atomic mass is 10.00. The van der Waals surface area contributed by atoms with E-state index < -0.39 is 6.04 Å². The molecule has 0 aliphatic carbocycles. The number of nitrogens with one attached hydrogen (secondary N) is 2. The molecule has 0 radical (unpaired) electrons. The van der Waals surface area contributed by atoms with Crippen molar-refractivity contribution in [1.82, 2.24) is 10.6 Å². The number of amides is 2. The molecule has 0 bridgehead atoms. The Morgan fingerprint density at radius 3 is 2.29 bits per heavy atom. The van der Waals surface area contributed by atoms with E-state index in [9.17, 15) is 9.59 Å². The van der Waals surface area contributed by atoms with Gasteiger partial charge in [-0.1, -0.05) is 37.6 Å². The first-order valence-corrected chi connectivity index (χ1v) is 11.0. The third kappa shape index (κ3) is 5.91. The third-order valence-electron chi connectivity index (χ3n) is 5.63. The van der Waals surface area contributed by atoms with Crippen LogP contribution in [0.25, 0.3) is 0 Å². The number of anilines is 1. The predicted octanol–water partition coefficient (Wildman–Crippen LogP) is 3.89. The maximum absolute atomic E-state index is 12.9. The molecule has 1 unspecified atom stereocenters. The molecule has 6 nitrogen and oxygen atoms in total. The molecule has 0 aromatic heterocycles. The van der Waals surface area contributed by atoms with Gasteiger partial charge in [-0.15, -0.1) is 0 Å². The second-order valence-electron chi connectivity index (χ2n) is 8.14. The topological polar surface area (TPSA) is 70.7 Å². The van der Waals surface area contributed by atoms with Crippen LogP contribution >= 0.6 is 11.6 Å². The smallest absolute Gasteiger partial charge is 0.253 e. The zero-order valence-electron chi connectivity index (χ0n) is 18.2. The number of benzene rings is 2. The number of rotatable bonds is 7. The minimum absolute atomic E-state index is 0.0502. The average Bonchev–Trinajstić information content (AvgIpc) is 2.78. The highest BCUT2D eigenvalue weighted by atomic mass is 35.5. The van der Waals surface area contributed by atoms with Crippen molar-refractivity contribution >= 4 is 29.1 Å². The SMILES string of the molecule is COc1ccc(N2CCC(NC(=O)C(NC(=O)c3ccccc3Cl)C(C)C)CC2)cc1. The highest BCUT2D eigenvalue weighted by Crippen LogP contribution is 2.23. The van der Waals surface area contributed by atoms with E-state index in [2.05, 4.69) is 27.7 Å². The Hall–Kier alpha value is -2.73. The Morgan fingerprint density at radius 1 is 1.06 bits per heavy atom. The van der Waals surface area contributed by atoms with Crippen LogP contribution in [-0.4, -0.2) is 44.1 Å². The second-order valence-corrected chi connectivity index (χ2v) is 8.55. The number of piperidine rings is 1. The van der Waals surface area contributed by atoms with Crippen molar-refractivity contribution in [3.63, 3.8) is 0 Å².